The van der Waals surface area contributed by atoms with E-state index in [1.165, 1.54) is 18.2 Å². The Balaban J connectivity index is 1.79. The van der Waals surface area contributed by atoms with Crippen molar-refractivity contribution in [3.8, 4) is 5.69 Å². The number of nitrogens with two attached hydrogens (primary N) is 2. The van der Waals surface area contributed by atoms with Crippen LogP contribution in [0.2, 0.25) is 0 Å². The minimum Gasteiger partial charge on any atom is -0.459 e. The lowest BCUT2D eigenvalue weighted by atomic mass is 9.75. The van der Waals surface area contributed by atoms with E-state index >= 15 is 0 Å². The van der Waals surface area contributed by atoms with E-state index in [0.29, 0.717) is 12.8 Å². The summed E-state index contributed by atoms with van der Waals surface area (Å²) in [4.78, 5) is 36.7. The van der Waals surface area contributed by atoms with E-state index in [2.05, 4.69) is 10.4 Å². The number of carbonyl (C=O) groups is 3. The maximum Gasteiger partial charge on any atom is 0.435 e. The van der Waals surface area contributed by atoms with Gasteiger partial charge in [-0.15, -0.1) is 0 Å². The monoisotopic (exact) mass is 521 g/mol. The van der Waals surface area contributed by atoms with Crippen molar-refractivity contribution in [2.24, 2.45) is 16.9 Å². The average molecular weight is 522 g/mol. The summed E-state index contributed by atoms with van der Waals surface area (Å²) in [6.07, 6.45) is -2.23. The highest BCUT2D eigenvalue weighted by atomic mass is 19.4. The topological polar surface area (TPSA) is 142 Å². The number of amides is 1. The molecule has 1 amide bonds. The molecule has 5 N–H and O–H groups in total. The van der Waals surface area contributed by atoms with Gasteiger partial charge in [0.15, 0.2) is 11.5 Å². The van der Waals surface area contributed by atoms with Crippen molar-refractivity contribution in [3.05, 3.63) is 40.7 Å². The number of fused-ring (bicyclic) bond motifs is 1. The van der Waals surface area contributed by atoms with E-state index in [-0.39, 0.29) is 48.1 Å². The van der Waals surface area contributed by atoms with Crippen LogP contribution in [0.4, 0.5) is 18.9 Å². The number of Topliss-reactive ketones (excluding diaryl/α,β-unsaturated/α-hetero) is 1. The van der Waals surface area contributed by atoms with E-state index in [9.17, 15) is 27.6 Å². The Bertz CT molecular complexity index is 1240. The number of halogens is 3. The van der Waals surface area contributed by atoms with Crippen molar-refractivity contribution in [3.63, 3.8) is 0 Å². The highest BCUT2D eigenvalue weighted by molar-refractivity contribution is 6.00. The summed E-state index contributed by atoms with van der Waals surface area (Å²) in [6, 6.07) is 3.96. The van der Waals surface area contributed by atoms with Crippen molar-refractivity contribution >= 4 is 23.3 Å². The first-order chi connectivity index (χ1) is 17.3. The number of nitrogens with one attached hydrogen (secondary N) is 1. The highest BCUT2D eigenvalue weighted by Gasteiger charge is 2.45. The quantitative estimate of drug-likeness (QED) is 0.495. The summed E-state index contributed by atoms with van der Waals surface area (Å²) >= 11 is 0. The largest absolute Gasteiger partial charge is 0.459 e. The molecule has 1 aromatic heterocycles. The zero-order valence-electron chi connectivity index (χ0n) is 20.7. The molecule has 0 spiro atoms. The SMILES string of the molecule is CC1(C)CC(=O)c2c(C(F)(F)F)nn(-c3ccc(C(N)=O)c(NC4CCCCC4OC(=O)CN)c3)c2C1. The number of primary amides is 1. The minimum absolute atomic E-state index is 0.0211. The van der Waals surface area contributed by atoms with Crippen LogP contribution in [0.3, 0.4) is 0 Å². The van der Waals surface area contributed by atoms with Gasteiger partial charge in [-0.05, 0) is 49.3 Å². The molecule has 0 bridgehead atoms. The predicted molar refractivity (Wildman–Crippen MR) is 128 cm³/mol. The summed E-state index contributed by atoms with van der Waals surface area (Å²) in [5, 5.41) is 7.03. The van der Waals surface area contributed by atoms with Crippen LogP contribution in [-0.2, 0) is 22.1 Å². The van der Waals surface area contributed by atoms with Gasteiger partial charge < -0.3 is 21.5 Å². The fourth-order valence-corrected chi connectivity index (χ4v) is 5.18. The van der Waals surface area contributed by atoms with Crippen LogP contribution in [0.15, 0.2) is 18.2 Å². The van der Waals surface area contributed by atoms with Crippen LogP contribution in [0.1, 0.15) is 78.1 Å². The molecule has 1 fully saturated rings. The van der Waals surface area contributed by atoms with Crippen molar-refractivity contribution in [2.75, 3.05) is 11.9 Å². The Kier molecular flexibility index (Phi) is 7.06. The standard InChI is InChI=1S/C25H30F3N5O4/c1-24(2)10-17-21(18(34)11-24)22(25(26,27)28)32-33(17)13-7-8-14(23(30)36)16(9-13)31-15-5-3-4-6-19(15)37-20(35)12-29/h7-9,15,19,31H,3-6,10-12,29H2,1-2H3,(H2,30,36). The van der Waals surface area contributed by atoms with Crippen LogP contribution in [0.25, 0.3) is 5.69 Å². The smallest absolute Gasteiger partial charge is 0.435 e. The molecule has 2 aliphatic rings. The first kappa shape index (κ1) is 26.6. The van der Waals surface area contributed by atoms with Gasteiger partial charge in [-0.2, -0.15) is 18.3 Å². The van der Waals surface area contributed by atoms with Gasteiger partial charge in [-0.25, -0.2) is 4.68 Å². The third kappa shape index (κ3) is 5.48. The lowest BCUT2D eigenvalue weighted by Crippen LogP contribution is -2.41. The normalized spacial score (nSPS) is 21.3. The van der Waals surface area contributed by atoms with Crippen molar-refractivity contribution < 1.29 is 32.3 Å². The number of benzene rings is 1. The van der Waals surface area contributed by atoms with Gasteiger partial charge in [-0.1, -0.05) is 20.3 Å². The fourth-order valence-electron chi connectivity index (χ4n) is 5.18. The van der Waals surface area contributed by atoms with Crippen molar-refractivity contribution in [1.29, 1.82) is 0 Å². The molecule has 1 aromatic carbocycles. The third-order valence-corrected chi connectivity index (χ3v) is 6.82. The third-order valence-electron chi connectivity index (χ3n) is 6.82. The number of alkyl halides is 3. The molecule has 37 heavy (non-hydrogen) atoms. The molecule has 2 unspecified atom stereocenters. The lowest BCUT2D eigenvalue weighted by Gasteiger charge is -2.33. The molecule has 2 aliphatic carbocycles. The zero-order chi connectivity index (χ0) is 27.1. The number of rotatable bonds is 6. The molecule has 0 aliphatic heterocycles. The maximum absolute atomic E-state index is 13.9. The fraction of sp³-hybridized carbons (Fsp3) is 0.520. The molecular weight excluding hydrogens is 491 g/mol. The zero-order valence-corrected chi connectivity index (χ0v) is 20.7. The Hall–Kier alpha value is -3.41. The van der Waals surface area contributed by atoms with Gasteiger partial charge in [0.1, 0.15) is 6.10 Å². The second kappa shape index (κ2) is 9.81. The number of nitrogens with zero attached hydrogens (tertiary/aromatic N) is 2. The molecule has 200 valence electrons. The molecule has 4 rings (SSSR count). The summed E-state index contributed by atoms with van der Waals surface area (Å²) < 4.78 is 48.2. The summed E-state index contributed by atoms with van der Waals surface area (Å²) in [7, 11) is 0. The second-order valence-electron chi connectivity index (χ2n) is 10.4. The summed E-state index contributed by atoms with van der Waals surface area (Å²) in [6.45, 7) is 3.35. The number of esters is 1. The Morgan fingerprint density at radius 2 is 1.92 bits per heavy atom. The van der Waals surface area contributed by atoms with Gasteiger partial charge in [-0.3, -0.25) is 14.4 Å². The number of hydrogen-bond donors (Lipinski definition) is 3. The maximum atomic E-state index is 13.9. The lowest BCUT2D eigenvalue weighted by molar-refractivity contribution is -0.149. The second-order valence-corrected chi connectivity index (χ2v) is 10.4. The minimum atomic E-state index is -4.82. The van der Waals surface area contributed by atoms with E-state index in [1.54, 1.807) is 0 Å². The molecular formula is C25H30F3N5O4. The molecule has 1 heterocycles. The Labute approximate surface area is 211 Å². The van der Waals surface area contributed by atoms with Crippen molar-refractivity contribution in [2.45, 2.75) is 70.7 Å². The van der Waals surface area contributed by atoms with Crippen LogP contribution in [-0.4, -0.2) is 46.1 Å². The Morgan fingerprint density at radius 3 is 2.57 bits per heavy atom. The van der Waals surface area contributed by atoms with Gasteiger partial charge in [0.25, 0.3) is 5.91 Å². The highest BCUT2D eigenvalue weighted by Crippen LogP contribution is 2.42. The van der Waals surface area contributed by atoms with Crippen molar-refractivity contribution in [1.82, 2.24) is 9.78 Å². The van der Waals surface area contributed by atoms with E-state index in [4.69, 9.17) is 16.2 Å². The van der Waals surface area contributed by atoms with Gasteiger partial charge in [0.05, 0.1) is 35.1 Å². The van der Waals surface area contributed by atoms with E-state index in [0.717, 1.165) is 17.5 Å². The molecule has 9 nitrogen and oxygen atoms in total. The Morgan fingerprint density at radius 1 is 1.22 bits per heavy atom. The number of ketones is 1. The molecule has 2 atom stereocenters. The van der Waals surface area contributed by atoms with Crippen LogP contribution in [0, 0.1) is 5.41 Å². The van der Waals surface area contributed by atoms with E-state index < -0.39 is 46.6 Å². The average Bonchev–Trinajstić information content (AvgIpc) is 3.19. The number of anilines is 1. The van der Waals surface area contributed by atoms with Gasteiger partial charge >= 0.3 is 12.1 Å². The van der Waals surface area contributed by atoms with Crippen LogP contribution >= 0.6 is 0 Å². The molecule has 0 saturated heterocycles. The summed E-state index contributed by atoms with van der Waals surface area (Å²) in [5.41, 5.74) is 9.55. The number of ether oxygens (including phenoxy) is 1. The number of aromatic nitrogens is 2. The number of carbonyl (C=O) groups excluding carboxylic acids is 3. The first-order valence-corrected chi connectivity index (χ1v) is 12.1. The van der Waals surface area contributed by atoms with E-state index in [1.807, 2.05) is 13.8 Å². The first-order valence-electron chi connectivity index (χ1n) is 12.1. The molecule has 0 radical (unpaired) electrons. The predicted octanol–water partition coefficient (Wildman–Crippen LogP) is 3.37. The number of hydrogen-bond acceptors (Lipinski definition) is 7. The molecule has 1 saturated carbocycles. The van der Waals surface area contributed by atoms with Gasteiger partial charge in [0.2, 0.25) is 0 Å². The van der Waals surface area contributed by atoms with Crippen LogP contribution < -0.4 is 16.8 Å². The van der Waals surface area contributed by atoms with Crippen LogP contribution in [0.5, 0.6) is 0 Å². The molecule has 12 heteroatoms. The van der Waals surface area contributed by atoms with Gasteiger partial charge in [0, 0.05) is 12.1 Å². The summed E-state index contributed by atoms with van der Waals surface area (Å²) in [5.74, 6) is -1.91. The molecule has 2 aromatic rings.